The number of piperazine rings is 1. The summed E-state index contributed by atoms with van der Waals surface area (Å²) in [5, 5.41) is 9.60. The summed E-state index contributed by atoms with van der Waals surface area (Å²) in [7, 11) is 0. The lowest BCUT2D eigenvalue weighted by Crippen LogP contribution is -2.60. The van der Waals surface area contributed by atoms with Crippen LogP contribution in [0.3, 0.4) is 0 Å². The molecule has 2 aliphatic rings. The molecule has 0 aromatic carbocycles. The van der Waals surface area contributed by atoms with Gasteiger partial charge in [-0.25, -0.2) is 0 Å². The van der Waals surface area contributed by atoms with Gasteiger partial charge in [0.2, 0.25) is 0 Å². The Morgan fingerprint density at radius 1 is 1.35 bits per heavy atom. The SMILES string of the molecule is CCN1CCN(C(CO)C(N)C2CC2)CC1C. The van der Waals surface area contributed by atoms with Gasteiger partial charge in [0.25, 0.3) is 0 Å². The van der Waals surface area contributed by atoms with Crippen molar-refractivity contribution < 1.29 is 5.11 Å². The van der Waals surface area contributed by atoms with Crippen molar-refractivity contribution in [2.75, 3.05) is 32.8 Å². The van der Waals surface area contributed by atoms with Crippen molar-refractivity contribution in [3.05, 3.63) is 0 Å². The first-order valence-electron chi connectivity index (χ1n) is 7.01. The van der Waals surface area contributed by atoms with Gasteiger partial charge in [-0.3, -0.25) is 9.80 Å². The fourth-order valence-electron chi connectivity index (χ4n) is 3.07. The Balaban J connectivity index is 1.91. The Labute approximate surface area is 105 Å². The van der Waals surface area contributed by atoms with Gasteiger partial charge in [0.1, 0.15) is 0 Å². The van der Waals surface area contributed by atoms with Crippen molar-refractivity contribution in [3.63, 3.8) is 0 Å². The average Bonchev–Trinajstić information content (AvgIpc) is 3.14. The molecule has 1 aliphatic heterocycles. The van der Waals surface area contributed by atoms with E-state index in [1.807, 2.05) is 0 Å². The zero-order chi connectivity index (χ0) is 12.4. The Kier molecular flexibility index (Phi) is 4.42. The third kappa shape index (κ3) is 2.99. The second-order valence-electron chi connectivity index (χ2n) is 5.64. The van der Waals surface area contributed by atoms with E-state index in [1.54, 1.807) is 0 Å². The summed E-state index contributed by atoms with van der Waals surface area (Å²) in [4.78, 5) is 4.90. The molecule has 2 fully saturated rings. The quantitative estimate of drug-likeness (QED) is 0.717. The topological polar surface area (TPSA) is 52.7 Å². The van der Waals surface area contributed by atoms with E-state index in [4.69, 9.17) is 5.73 Å². The minimum Gasteiger partial charge on any atom is -0.395 e. The lowest BCUT2D eigenvalue weighted by atomic mass is 10.0. The lowest BCUT2D eigenvalue weighted by Gasteiger charge is -2.44. The molecule has 3 unspecified atom stereocenters. The molecule has 3 N–H and O–H groups in total. The molecule has 0 aromatic heterocycles. The maximum absolute atomic E-state index is 9.60. The summed E-state index contributed by atoms with van der Waals surface area (Å²) in [6.07, 6.45) is 2.50. The molecule has 0 radical (unpaired) electrons. The van der Waals surface area contributed by atoms with Gasteiger partial charge in [0.15, 0.2) is 0 Å². The monoisotopic (exact) mass is 241 g/mol. The molecule has 1 heterocycles. The van der Waals surface area contributed by atoms with Crippen LogP contribution in [0.4, 0.5) is 0 Å². The van der Waals surface area contributed by atoms with Crippen molar-refractivity contribution in [3.8, 4) is 0 Å². The van der Waals surface area contributed by atoms with Crippen LogP contribution in [-0.2, 0) is 0 Å². The molecular formula is C13H27N3O. The molecule has 100 valence electrons. The number of hydrogen-bond acceptors (Lipinski definition) is 4. The largest absolute Gasteiger partial charge is 0.395 e. The standard InChI is InChI=1S/C13H27N3O/c1-3-15-6-7-16(8-10(15)2)12(9-17)13(14)11-4-5-11/h10-13,17H,3-9,14H2,1-2H3. The van der Waals surface area contributed by atoms with Gasteiger partial charge in [0.05, 0.1) is 6.61 Å². The molecule has 1 saturated carbocycles. The smallest absolute Gasteiger partial charge is 0.0602 e. The highest BCUT2D eigenvalue weighted by atomic mass is 16.3. The molecule has 4 nitrogen and oxygen atoms in total. The van der Waals surface area contributed by atoms with E-state index >= 15 is 0 Å². The zero-order valence-electron chi connectivity index (χ0n) is 11.2. The number of likely N-dealkylation sites (N-methyl/N-ethyl adjacent to an activating group) is 1. The van der Waals surface area contributed by atoms with E-state index in [-0.39, 0.29) is 18.7 Å². The molecule has 0 spiro atoms. The fraction of sp³-hybridized carbons (Fsp3) is 1.00. The highest BCUT2D eigenvalue weighted by molar-refractivity contribution is 4.95. The number of aliphatic hydroxyl groups is 1. The van der Waals surface area contributed by atoms with Crippen molar-refractivity contribution >= 4 is 0 Å². The first-order chi connectivity index (χ1) is 8.17. The number of hydrogen-bond donors (Lipinski definition) is 2. The van der Waals surface area contributed by atoms with Gasteiger partial charge < -0.3 is 10.8 Å². The van der Waals surface area contributed by atoms with E-state index in [0.717, 1.165) is 26.2 Å². The van der Waals surface area contributed by atoms with Gasteiger partial charge >= 0.3 is 0 Å². The molecule has 1 aliphatic carbocycles. The minimum absolute atomic E-state index is 0.167. The summed E-state index contributed by atoms with van der Waals surface area (Å²) in [5.41, 5.74) is 6.26. The second-order valence-corrected chi connectivity index (χ2v) is 5.64. The van der Waals surface area contributed by atoms with Crippen LogP contribution in [0.1, 0.15) is 26.7 Å². The van der Waals surface area contributed by atoms with Crippen LogP contribution in [0.2, 0.25) is 0 Å². The normalized spacial score (nSPS) is 31.4. The van der Waals surface area contributed by atoms with E-state index in [1.165, 1.54) is 12.8 Å². The van der Waals surface area contributed by atoms with Gasteiger partial charge in [-0.2, -0.15) is 0 Å². The van der Waals surface area contributed by atoms with Crippen LogP contribution in [-0.4, -0.2) is 65.8 Å². The summed E-state index contributed by atoms with van der Waals surface area (Å²) >= 11 is 0. The van der Waals surface area contributed by atoms with Crippen LogP contribution in [0.25, 0.3) is 0 Å². The van der Waals surface area contributed by atoms with Crippen molar-refractivity contribution in [1.29, 1.82) is 0 Å². The van der Waals surface area contributed by atoms with Gasteiger partial charge in [-0.15, -0.1) is 0 Å². The summed E-state index contributed by atoms with van der Waals surface area (Å²) in [6.45, 7) is 9.00. The Morgan fingerprint density at radius 2 is 2.06 bits per heavy atom. The van der Waals surface area contributed by atoms with Crippen LogP contribution in [0.15, 0.2) is 0 Å². The van der Waals surface area contributed by atoms with Gasteiger partial charge in [0, 0.05) is 37.8 Å². The minimum atomic E-state index is 0.167. The molecule has 0 bridgehead atoms. The predicted octanol–water partition coefficient (Wildman–Crippen LogP) is 0.111. The molecule has 2 rings (SSSR count). The summed E-state index contributed by atoms with van der Waals surface area (Å²) in [5.74, 6) is 0.659. The fourth-order valence-corrected chi connectivity index (χ4v) is 3.07. The molecule has 4 heteroatoms. The number of rotatable bonds is 5. The predicted molar refractivity (Wildman–Crippen MR) is 69.9 cm³/mol. The highest BCUT2D eigenvalue weighted by Gasteiger charge is 2.38. The van der Waals surface area contributed by atoms with Crippen LogP contribution in [0, 0.1) is 5.92 Å². The van der Waals surface area contributed by atoms with Crippen molar-refractivity contribution in [2.45, 2.75) is 44.8 Å². The van der Waals surface area contributed by atoms with E-state index < -0.39 is 0 Å². The Morgan fingerprint density at radius 3 is 2.53 bits per heavy atom. The van der Waals surface area contributed by atoms with E-state index in [9.17, 15) is 5.11 Å². The molecule has 0 amide bonds. The first kappa shape index (κ1) is 13.3. The Bertz CT molecular complexity index is 245. The van der Waals surface area contributed by atoms with Crippen molar-refractivity contribution in [2.24, 2.45) is 11.7 Å². The van der Waals surface area contributed by atoms with E-state index in [0.29, 0.717) is 12.0 Å². The maximum atomic E-state index is 9.60. The van der Waals surface area contributed by atoms with Gasteiger partial charge in [-0.05, 0) is 32.2 Å². The van der Waals surface area contributed by atoms with E-state index in [2.05, 4.69) is 23.6 Å². The van der Waals surface area contributed by atoms with Crippen molar-refractivity contribution in [1.82, 2.24) is 9.80 Å². The molecule has 3 atom stereocenters. The van der Waals surface area contributed by atoms with Crippen LogP contribution < -0.4 is 5.73 Å². The van der Waals surface area contributed by atoms with Crippen LogP contribution >= 0.6 is 0 Å². The first-order valence-corrected chi connectivity index (χ1v) is 7.01. The third-order valence-electron chi connectivity index (χ3n) is 4.47. The summed E-state index contributed by atoms with van der Waals surface area (Å²) < 4.78 is 0. The molecular weight excluding hydrogens is 214 g/mol. The molecule has 1 saturated heterocycles. The number of nitrogens with zero attached hydrogens (tertiary/aromatic N) is 2. The Hall–Kier alpha value is -0.160. The number of aliphatic hydroxyl groups excluding tert-OH is 1. The molecule has 17 heavy (non-hydrogen) atoms. The summed E-state index contributed by atoms with van der Waals surface area (Å²) in [6, 6.07) is 0.915. The van der Waals surface area contributed by atoms with Gasteiger partial charge in [-0.1, -0.05) is 6.92 Å². The van der Waals surface area contributed by atoms with Crippen LogP contribution in [0.5, 0.6) is 0 Å². The second kappa shape index (κ2) is 5.65. The third-order valence-corrected chi connectivity index (χ3v) is 4.47. The molecule has 0 aromatic rings. The highest BCUT2D eigenvalue weighted by Crippen LogP contribution is 2.34. The maximum Gasteiger partial charge on any atom is 0.0602 e. The average molecular weight is 241 g/mol. The zero-order valence-corrected chi connectivity index (χ0v) is 11.2. The lowest BCUT2D eigenvalue weighted by molar-refractivity contribution is 0.0251. The number of nitrogens with two attached hydrogens (primary N) is 1.